The summed E-state index contributed by atoms with van der Waals surface area (Å²) >= 11 is 3.29. The van der Waals surface area contributed by atoms with Crippen molar-refractivity contribution in [3.8, 4) is 0 Å². The number of nitrogens with zero attached hydrogens (tertiary/aromatic N) is 2. The summed E-state index contributed by atoms with van der Waals surface area (Å²) in [4.78, 5) is 9.22. The number of halogens is 1. The standard InChI is InChI=1S/C22H25FN4S2/c1-14(2)11-18-13-28-22(26-18)25-17-6-3-15(4-7-17)9-10-24-21-27-19-8-5-16(23)12-20(19)29-21/h3-8,12,14,18H,9-11,13H2,1-2H3,(H,24,27)(H,25,26)/t18-/m1/s1. The summed E-state index contributed by atoms with van der Waals surface area (Å²) in [5.41, 5.74) is 3.06. The molecule has 1 atom stereocenters. The fourth-order valence-electron chi connectivity index (χ4n) is 3.34. The van der Waals surface area contributed by atoms with E-state index in [1.54, 1.807) is 17.8 Å². The van der Waals surface area contributed by atoms with E-state index in [1.807, 2.05) is 0 Å². The van der Waals surface area contributed by atoms with Gasteiger partial charge in [0.15, 0.2) is 10.3 Å². The van der Waals surface area contributed by atoms with Crippen LogP contribution < -0.4 is 10.6 Å². The molecule has 1 aliphatic rings. The Morgan fingerprint density at radius 2 is 2.07 bits per heavy atom. The molecular formula is C22H25FN4S2. The Morgan fingerprint density at radius 3 is 2.86 bits per heavy atom. The molecule has 0 saturated carbocycles. The largest absolute Gasteiger partial charge is 0.361 e. The number of nitrogens with one attached hydrogen (secondary N) is 2. The van der Waals surface area contributed by atoms with Crippen LogP contribution in [-0.2, 0) is 6.42 Å². The van der Waals surface area contributed by atoms with Crippen LogP contribution in [0.1, 0.15) is 25.8 Å². The molecule has 1 saturated heterocycles. The molecule has 1 aliphatic heterocycles. The Kier molecular flexibility index (Phi) is 6.35. The lowest BCUT2D eigenvalue weighted by Gasteiger charge is -2.11. The number of fused-ring (bicyclic) bond motifs is 1. The van der Waals surface area contributed by atoms with Crippen molar-refractivity contribution in [1.29, 1.82) is 0 Å². The summed E-state index contributed by atoms with van der Waals surface area (Å²) < 4.78 is 14.2. The Labute approximate surface area is 179 Å². The number of thiazole rings is 1. The first-order chi connectivity index (χ1) is 14.0. The van der Waals surface area contributed by atoms with Crippen molar-refractivity contribution in [2.75, 3.05) is 17.6 Å². The maximum atomic E-state index is 13.3. The van der Waals surface area contributed by atoms with Gasteiger partial charge < -0.3 is 10.6 Å². The molecule has 0 radical (unpaired) electrons. The number of aliphatic imine (C=N–C) groups is 1. The van der Waals surface area contributed by atoms with Crippen molar-refractivity contribution < 1.29 is 4.39 Å². The molecule has 29 heavy (non-hydrogen) atoms. The number of aromatic nitrogens is 1. The van der Waals surface area contributed by atoms with Gasteiger partial charge in [0, 0.05) is 18.3 Å². The molecule has 2 N–H and O–H groups in total. The Bertz CT molecular complexity index is 998. The topological polar surface area (TPSA) is 49.3 Å². The molecule has 0 bridgehead atoms. The first-order valence-electron chi connectivity index (χ1n) is 9.92. The average Bonchev–Trinajstić information content (AvgIpc) is 3.28. The number of hydrogen-bond donors (Lipinski definition) is 2. The van der Waals surface area contributed by atoms with Gasteiger partial charge in [0.2, 0.25) is 0 Å². The van der Waals surface area contributed by atoms with Crippen molar-refractivity contribution in [3.05, 3.63) is 53.8 Å². The molecule has 0 spiro atoms. The molecule has 1 fully saturated rings. The number of anilines is 1. The van der Waals surface area contributed by atoms with Crippen LogP contribution in [0.15, 0.2) is 47.5 Å². The van der Waals surface area contributed by atoms with Gasteiger partial charge in [-0.05, 0) is 54.7 Å². The van der Waals surface area contributed by atoms with Crippen molar-refractivity contribution in [2.45, 2.75) is 32.7 Å². The fraction of sp³-hybridized carbons (Fsp3) is 0.364. The Morgan fingerprint density at radius 1 is 1.24 bits per heavy atom. The second kappa shape index (κ2) is 9.13. The van der Waals surface area contributed by atoms with Gasteiger partial charge in [-0.15, -0.1) is 0 Å². The first kappa shape index (κ1) is 20.2. The lowest BCUT2D eigenvalue weighted by Crippen LogP contribution is -2.28. The van der Waals surface area contributed by atoms with Gasteiger partial charge in [0.05, 0.1) is 15.9 Å². The number of hydrogen-bond acceptors (Lipinski definition) is 5. The summed E-state index contributed by atoms with van der Waals surface area (Å²) in [5.74, 6) is 1.57. The highest BCUT2D eigenvalue weighted by molar-refractivity contribution is 8.14. The van der Waals surface area contributed by atoms with Gasteiger partial charge in [-0.3, -0.25) is 0 Å². The predicted molar refractivity (Wildman–Crippen MR) is 124 cm³/mol. The first-order valence-corrected chi connectivity index (χ1v) is 11.7. The van der Waals surface area contributed by atoms with Crippen molar-refractivity contribution in [2.24, 2.45) is 10.9 Å². The molecule has 0 amide bonds. The summed E-state index contributed by atoms with van der Waals surface area (Å²) in [5, 5.41) is 8.72. The van der Waals surface area contributed by atoms with E-state index < -0.39 is 0 Å². The normalized spacial score (nSPS) is 17.9. The molecule has 4 rings (SSSR count). The smallest absolute Gasteiger partial charge is 0.183 e. The zero-order valence-corrected chi connectivity index (χ0v) is 18.2. The molecule has 0 unspecified atom stereocenters. The lowest BCUT2D eigenvalue weighted by atomic mass is 10.1. The molecule has 4 nitrogen and oxygen atoms in total. The van der Waals surface area contributed by atoms with Crippen molar-refractivity contribution >= 4 is 49.3 Å². The average molecular weight is 429 g/mol. The van der Waals surface area contributed by atoms with E-state index in [9.17, 15) is 4.39 Å². The van der Waals surface area contributed by atoms with E-state index >= 15 is 0 Å². The maximum absolute atomic E-state index is 13.3. The predicted octanol–water partition coefficient (Wildman–Crippen LogP) is 5.83. The summed E-state index contributed by atoms with van der Waals surface area (Å²) in [6.07, 6.45) is 2.08. The minimum atomic E-state index is -0.224. The summed E-state index contributed by atoms with van der Waals surface area (Å²) in [7, 11) is 0. The monoisotopic (exact) mass is 428 g/mol. The lowest BCUT2D eigenvalue weighted by molar-refractivity contribution is 0.503. The van der Waals surface area contributed by atoms with Gasteiger partial charge in [-0.25, -0.2) is 14.4 Å². The highest BCUT2D eigenvalue weighted by Crippen LogP contribution is 2.26. The summed E-state index contributed by atoms with van der Waals surface area (Å²) in [6, 6.07) is 13.6. The number of thioether (sulfide) groups is 1. The van der Waals surface area contributed by atoms with Gasteiger partial charge in [0.1, 0.15) is 5.82 Å². The van der Waals surface area contributed by atoms with Gasteiger partial charge >= 0.3 is 0 Å². The van der Waals surface area contributed by atoms with Gasteiger partial charge in [0.25, 0.3) is 0 Å². The molecule has 3 aromatic rings. The number of amidine groups is 1. The van der Waals surface area contributed by atoms with Crippen molar-refractivity contribution in [3.63, 3.8) is 0 Å². The second-order valence-electron chi connectivity index (χ2n) is 7.67. The molecule has 2 aromatic carbocycles. The van der Waals surface area contributed by atoms with E-state index in [-0.39, 0.29) is 5.82 Å². The Hall–Kier alpha value is -2.12. The third-order valence-corrected chi connectivity index (χ3v) is 6.74. The van der Waals surface area contributed by atoms with Crippen molar-refractivity contribution in [1.82, 2.24) is 10.3 Å². The van der Waals surface area contributed by atoms with Gasteiger partial charge in [-0.1, -0.05) is 49.1 Å². The molecule has 7 heteroatoms. The van der Waals surface area contributed by atoms with E-state index in [0.717, 1.165) is 44.9 Å². The highest BCUT2D eigenvalue weighted by atomic mass is 32.2. The van der Waals surface area contributed by atoms with Crippen LogP contribution in [0.25, 0.3) is 10.2 Å². The van der Waals surface area contributed by atoms with Crippen LogP contribution in [0.4, 0.5) is 15.2 Å². The van der Waals surface area contributed by atoms with Crippen LogP contribution in [0, 0.1) is 11.7 Å². The molecule has 0 aliphatic carbocycles. The molecule has 2 heterocycles. The van der Waals surface area contributed by atoms with E-state index in [4.69, 9.17) is 4.99 Å². The van der Waals surface area contributed by atoms with Crippen LogP contribution >= 0.6 is 23.1 Å². The minimum absolute atomic E-state index is 0.224. The maximum Gasteiger partial charge on any atom is 0.183 e. The van der Waals surface area contributed by atoms with Crippen LogP contribution in [0.2, 0.25) is 0 Å². The molecular weight excluding hydrogens is 403 g/mol. The Balaban J connectivity index is 1.28. The fourth-order valence-corrected chi connectivity index (χ4v) is 5.25. The molecule has 152 valence electrons. The minimum Gasteiger partial charge on any atom is -0.361 e. The van der Waals surface area contributed by atoms with Crippen LogP contribution in [0.5, 0.6) is 0 Å². The van der Waals surface area contributed by atoms with Crippen LogP contribution in [-0.4, -0.2) is 28.5 Å². The SMILES string of the molecule is CC(C)C[C@@H]1CS/C(=N\c2ccc(CCNc3nc4ccc(F)cc4s3)cc2)N1. The second-order valence-corrected chi connectivity index (χ2v) is 9.71. The zero-order chi connectivity index (χ0) is 20.2. The number of rotatable bonds is 7. The number of benzene rings is 2. The van der Waals surface area contributed by atoms with E-state index in [0.29, 0.717) is 12.0 Å². The van der Waals surface area contributed by atoms with E-state index in [1.165, 1.54) is 35.5 Å². The highest BCUT2D eigenvalue weighted by Gasteiger charge is 2.20. The van der Waals surface area contributed by atoms with E-state index in [2.05, 4.69) is 53.7 Å². The molecule has 1 aromatic heterocycles. The van der Waals surface area contributed by atoms with Crippen LogP contribution in [0.3, 0.4) is 0 Å². The summed E-state index contributed by atoms with van der Waals surface area (Å²) in [6.45, 7) is 5.29. The quantitative estimate of drug-likeness (QED) is 0.497. The zero-order valence-electron chi connectivity index (χ0n) is 16.6. The third-order valence-electron chi connectivity index (χ3n) is 4.71. The third kappa shape index (κ3) is 5.48. The van der Waals surface area contributed by atoms with Gasteiger partial charge in [-0.2, -0.15) is 0 Å².